The summed E-state index contributed by atoms with van der Waals surface area (Å²) >= 11 is 0. The molecule has 0 saturated heterocycles. The number of nitrogens with zero attached hydrogens (tertiary/aromatic N) is 2. The van der Waals surface area contributed by atoms with E-state index >= 15 is 0 Å². The molecule has 354 valence electrons. The number of hydrogen-bond donors (Lipinski definition) is 0. The average molecular weight is 877 g/mol. The fraction of sp³-hybridized carbons (Fsp3) is 0.621. The molecule has 0 bridgehead atoms. The van der Waals surface area contributed by atoms with E-state index in [1.165, 1.54) is 180 Å². The van der Waals surface area contributed by atoms with Crippen LogP contribution in [0.5, 0.6) is 11.5 Å². The zero-order valence-electron chi connectivity index (χ0n) is 40.7. The number of hydrogen-bond acceptors (Lipinski definition) is 6. The maximum atomic E-state index is 12.4. The third kappa shape index (κ3) is 29.4. The lowest BCUT2D eigenvalue weighted by molar-refractivity contribution is -0.135. The molecule has 3 rings (SSSR count). The molecule has 6 heteroatoms. The van der Waals surface area contributed by atoms with Crippen LogP contribution >= 0.6 is 0 Å². The van der Waals surface area contributed by atoms with Gasteiger partial charge in [0.25, 0.3) is 0 Å². The Morgan fingerprint density at radius 3 is 0.922 bits per heavy atom. The van der Waals surface area contributed by atoms with Crippen molar-refractivity contribution in [2.45, 2.75) is 232 Å². The molecule has 0 spiro atoms. The van der Waals surface area contributed by atoms with Gasteiger partial charge in [-0.2, -0.15) is 0 Å². The molecule has 0 N–H and O–H groups in total. The van der Waals surface area contributed by atoms with E-state index in [-0.39, 0.29) is 11.9 Å². The van der Waals surface area contributed by atoms with Gasteiger partial charge in [0, 0.05) is 25.3 Å². The summed E-state index contributed by atoms with van der Waals surface area (Å²) < 4.78 is 11.2. The molecule has 0 unspecified atom stereocenters. The summed E-state index contributed by atoms with van der Waals surface area (Å²) in [6.07, 6.45) is 46.6. The zero-order valence-corrected chi connectivity index (χ0v) is 40.7. The molecule has 0 atom stereocenters. The average Bonchev–Trinajstić information content (AvgIpc) is 3.31. The van der Waals surface area contributed by atoms with Crippen LogP contribution in [0.15, 0.2) is 82.8 Å². The highest BCUT2D eigenvalue weighted by Gasteiger charge is 2.07. The molecular weight excluding hydrogens is 789 g/mol. The largest absolute Gasteiger partial charge is 0.427 e. The van der Waals surface area contributed by atoms with Crippen molar-refractivity contribution in [2.75, 3.05) is 0 Å². The second-order valence-corrected chi connectivity index (χ2v) is 18.2. The smallest absolute Gasteiger partial charge is 0.311 e. The number of benzene rings is 3. The topological polar surface area (TPSA) is 77.3 Å². The molecular formula is C58H88N2O4. The van der Waals surface area contributed by atoms with E-state index in [4.69, 9.17) is 9.47 Å². The molecule has 3 aromatic rings. The third-order valence-corrected chi connectivity index (χ3v) is 12.2. The van der Waals surface area contributed by atoms with E-state index in [9.17, 15) is 9.59 Å². The number of carbonyl (C=O) groups is 2. The molecule has 6 nitrogen and oxygen atoms in total. The van der Waals surface area contributed by atoms with Crippen LogP contribution in [0.4, 0.5) is 11.4 Å². The minimum Gasteiger partial charge on any atom is -0.427 e. The van der Waals surface area contributed by atoms with Crippen molar-refractivity contribution in [3.8, 4) is 11.5 Å². The molecule has 0 aliphatic carbocycles. The molecule has 0 heterocycles. The third-order valence-electron chi connectivity index (χ3n) is 12.2. The first-order valence-electron chi connectivity index (χ1n) is 26.4. The van der Waals surface area contributed by atoms with Gasteiger partial charge >= 0.3 is 11.9 Å². The first kappa shape index (κ1) is 54.3. The number of ether oxygens (including phenoxy) is 2. The van der Waals surface area contributed by atoms with Crippen molar-refractivity contribution < 1.29 is 19.1 Å². The minimum atomic E-state index is -0.167. The van der Waals surface area contributed by atoms with Crippen LogP contribution in [0.2, 0.25) is 0 Å². The molecule has 0 saturated carbocycles. The fourth-order valence-electron chi connectivity index (χ4n) is 8.20. The van der Waals surface area contributed by atoms with Crippen LogP contribution in [0.3, 0.4) is 0 Å². The number of aliphatic imine (C=N–C) groups is 2. The Labute approximate surface area is 390 Å². The van der Waals surface area contributed by atoms with E-state index in [0.717, 1.165) is 48.2 Å². The lowest BCUT2D eigenvalue weighted by Gasteiger charge is -2.05. The van der Waals surface area contributed by atoms with Gasteiger partial charge in [0.2, 0.25) is 0 Å². The van der Waals surface area contributed by atoms with Gasteiger partial charge in [-0.25, -0.2) is 0 Å². The summed E-state index contributed by atoms with van der Waals surface area (Å²) in [5.41, 5.74) is 3.40. The summed E-state index contributed by atoms with van der Waals surface area (Å²) in [5, 5.41) is 0. The summed E-state index contributed by atoms with van der Waals surface area (Å²) in [7, 11) is 0. The summed E-state index contributed by atoms with van der Waals surface area (Å²) in [6, 6.07) is 22.7. The van der Waals surface area contributed by atoms with Crippen molar-refractivity contribution in [3.05, 3.63) is 83.9 Å². The Kier molecular flexibility index (Phi) is 32.4. The Bertz CT molecular complexity index is 1530. The highest BCUT2D eigenvalue weighted by molar-refractivity contribution is 5.84. The Balaban J connectivity index is 1.20. The minimum absolute atomic E-state index is 0.167. The molecule has 64 heavy (non-hydrogen) atoms. The zero-order chi connectivity index (χ0) is 45.4. The van der Waals surface area contributed by atoms with Crippen LogP contribution in [-0.4, -0.2) is 24.4 Å². The van der Waals surface area contributed by atoms with E-state index in [0.29, 0.717) is 24.3 Å². The number of unbranched alkanes of at least 4 members (excludes halogenated alkanes) is 30. The van der Waals surface area contributed by atoms with Gasteiger partial charge in [-0.15, -0.1) is 0 Å². The molecule has 0 aliphatic rings. The lowest BCUT2D eigenvalue weighted by Crippen LogP contribution is -2.07. The van der Waals surface area contributed by atoms with Crippen LogP contribution in [0.1, 0.15) is 243 Å². The standard InChI is InChI=1S/C58H88N2O4/c1-3-5-7-9-11-13-15-17-19-21-23-25-27-29-31-33-38-57(61)63-55-44-40-51(41-45-55)49-59-53-36-35-37-54(48-53)60-50-52-42-46-56(47-43-52)64-58(62)39-34-32-30-28-26-24-22-20-18-16-14-12-10-8-6-4-2/h35-37,40-50H,3-34,38-39H2,1-2H3. The molecule has 0 aliphatic heterocycles. The van der Waals surface area contributed by atoms with Crippen molar-refractivity contribution in [1.82, 2.24) is 0 Å². The predicted molar refractivity (Wildman–Crippen MR) is 273 cm³/mol. The van der Waals surface area contributed by atoms with Crippen molar-refractivity contribution in [2.24, 2.45) is 9.98 Å². The second kappa shape index (κ2) is 38.2. The van der Waals surface area contributed by atoms with Crippen molar-refractivity contribution >= 4 is 35.7 Å². The SMILES string of the molecule is CCCCCCCCCCCCCCCCCCC(=O)Oc1ccc(C=Nc2cccc(N=Cc3ccc(OC(=O)CCCCCCCCCCCCCCCCCC)cc3)c2)cc1. The van der Waals surface area contributed by atoms with Crippen LogP contribution in [0.25, 0.3) is 0 Å². The number of rotatable bonds is 40. The maximum absolute atomic E-state index is 12.4. The van der Waals surface area contributed by atoms with Gasteiger partial charge in [0.05, 0.1) is 11.4 Å². The van der Waals surface area contributed by atoms with Crippen LogP contribution in [0, 0.1) is 0 Å². The highest BCUT2D eigenvalue weighted by Crippen LogP contribution is 2.22. The van der Waals surface area contributed by atoms with Gasteiger partial charge in [0.1, 0.15) is 11.5 Å². The van der Waals surface area contributed by atoms with Crippen LogP contribution < -0.4 is 9.47 Å². The predicted octanol–water partition coefficient (Wildman–Crippen LogP) is 18.3. The highest BCUT2D eigenvalue weighted by atomic mass is 16.5. The van der Waals surface area contributed by atoms with E-state index in [1.54, 1.807) is 12.4 Å². The van der Waals surface area contributed by atoms with Crippen molar-refractivity contribution in [1.29, 1.82) is 0 Å². The first-order valence-corrected chi connectivity index (χ1v) is 26.4. The molecule has 0 aromatic heterocycles. The molecule has 0 amide bonds. The summed E-state index contributed by atoms with van der Waals surface area (Å²) in [6.45, 7) is 4.56. The van der Waals surface area contributed by atoms with E-state index in [1.807, 2.05) is 72.8 Å². The summed E-state index contributed by atoms with van der Waals surface area (Å²) in [4.78, 5) is 34.1. The maximum Gasteiger partial charge on any atom is 0.311 e. The Hall–Kier alpha value is -4.06. The second-order valence-electron chi connectivity index (χ2n) is 18.2. The Morgan fingerprint density at radius 1 is 0.375 bits per heavy atom. The number of esters is 2. The van der Waals surface area contributed by atoms with E-state index < -0.39 is 0 Å². The van der Waals surface area contributed by atoms with Crippen LogP contribution in [-0.2, 0) is 9.59 Å². The Morgan fingerprint density at radius 2 is 0.641 bits per heavy atom. The quantitative estimate of drug-likeness (QED) is 0.0247. The van der Waals surface area contributed by atoms with Gasteiger partial charge in [-0.05, 0) is 90.7 Å². The first-order chi connectivity index (χ1) is 31.6. The monoisotopic (exact) mass is 877 g/mol. The van der Waals surface area contributed by atoms with E-state index in [2.05, 4.69) is 23.8 Å². The molecule has 0 fully saturated rings. The van der Waals surface area contributed by atoms with Crippen molar-refractivity contribution in [3.63, 3.8) is 0 Å². The van der Waals surface area contributed by atoms with Gasteiger partial charge in [-0.1, -0.05) is 213 Å². The fourth-order valence-corrected chi connectivity index (χ4v) is 8.20. The van der Waals surface area contributed by atoms with Gasteiger partial charge in [-0.3, -0.25) is 19.6 Å². The normalized spacial score (nSPS) is 11.5. The summed E-state index contributed by atoms with van der Waals surface area (Å²) in [5.74, 6) is 0.789. The van der Waals surface area contributed by atoms with Gasteiger partial charge in [0.15, 0.2) is 0 Å². The lowest BCUT2D eigenvalue weighted by atomic mass is 10.0. The number of carbonyl (C=O) groups excluding carboxylic acids is 2. The molecule has 0 radical (unpaired) electrons. The van der Waals surface area contributed by atoms with Gasteiger partial charge < -0.3 is 9.47 Å². The molecule has 3 aromatic carbocycles.